The Morgan fingerprint density at radius 2 is 2.06 bits per heavy atom. The number of nitrogens with zero attached hydrogens (tertiary/aromatic N) is 1. The largest absolute Gasteiger partial charge is 0.316 e. The van der Waals surface area contributed by atoms with E-state index in [2.05, 4.69) is 11.4 Å². The minimum absolute atomic E-state index is 0.108. The van der Waals surface area contributed by atoms with Crippen molar-refractivity contribution in [2.45, 2.75) is 44.9 Å². The second kappa shape index (κ2) is 4.74. The Kier molecular flexibility index (Phi) is 3.09. The van der Waals surface area contributed by atoms with E-state index in [0.717, 1.165) is 49.1 Å². The van der Waals surface area contributed by atoms with Gasteiger partial charge >= 0.3 is 0 Å². The second-order valence-corrected chi connectivity index (χ2v) is 6.25. The summed E-state index contributed by atoms with van der Waals surface area (Å²) < 4.78 is 0. The maximum atomic E-state index is 12.0. The van der Waals surface area contributed by atoms with Gasteiger partial charge in [0.15, 0.2) is 0 Å². The average Bonchev–Trinajstić information content (AvgIpc) is 2.63. The zero-order valence-corrected chi connectivity index (χ0v) is 11.1. The van der Waals surface area contributed by atoms with E-state index in [9.17, 15) is 10.1 Å². The molecule has 18 heavy (non-hydrogen) atoms. The maximum absolute atomic E-state index is 12.0. The van der Waals surface area contributed by atoms with Crippen LogP contribution in [0, 0.1) is 17.2 Å². The molecule has 2 aliphatic rings. The van der Waals surface area contributed by atoms with Crippen LogP contribution in [0.1, 0.15) is 48.1 Å². The van der Waals surface area contributed by atoms with Crippen LogP contribution >= 0.6 is 11.3 Å². The highest BCUT2D eigenvalue weighted by atomic mass is 32.1. The van der Waals surface area contributed by atoms with Gasteiger partial charge in [-0.1, -0.05) is 6.42 Å². The van der Waals surface area contributed by atoms with Gasteiger partial charge in [0.1, 0.15) is 11.1 Å². The molecule has 0 saturated heterocycles. The lowest BCUT2D eigenvalue weighted by Gasteiger charge is -2.23. The number of nitrogens with one attached hydrogen (secondary N) is 1. The fourth-order valence-electron chi connectivity index (χ4n) is 2.66. The zero-order chi connectivity index (χ0) is 12.5. The standard InChI is InChI=1S/C14H16N2OS/c15-8-11-10-6-1-2-7-12(10)18-14(11)16-13(17)9-4-3-5-9/h9H,1-7H2,(H,16,17). The molecule has 94 valence electrons. The zero-order valence-electron chi connectivity index (χ0n) is 10.3. The fraction of sp³-hybridized carbons (Fsp3) is 0.571. The number of hydrogen-bond donors (Lipinski definition) is 1. The van der Waals surface area contributed by atoms with Crippen LogP contribution in [-0.2, 0) is 17.6 Å². The molecule has 1 heterocycles. The summed E-state index contributed by atoms with van der Waals surface area (Å²) in [6.07, 6.45) is 7.58. The van der Waals surface area contributed by atoms with Crippen molar-refractivity contribution >= 4 is 22.2 Å². The van der Waals surface area contributed by atoms with E-state index in [4.69, 9.17) is 0 Å². The molecule has 0 aliphatic heterocycles. The number of fused-ring (bicyclic) bond motifs is 1. The summed E-state index contributed by atoms with van der Waals surface area (Å²) in [4.78, 5) is 13.3. The number of hydrogen-bond acceptors (Lipinski definition) is 3. The Balaban J connectivity index is 1.85. The maximum Gasteiger partial charge on any atom is 0.228 e. The summed E-state index contributed by atoms with van der Waals surface area (Å²) >= 11 is 1.61. The van der Waals surface area contributed by atoms with Gasteiger partial charge in [0.2, 0.25) is 5.91 Å². The number of amides is 1. The third kappa shape index (κ3) is 1.93. The molecular formula is C14H16N2OS. The molecule has 3 rings (SSSR count). The summed E-state index contributed by atoms with van der Waals surface area (Å²) in [6, 6.07) is 2.28. The van der Waals surface area contributed by atoms with Gasteiger partial charge in [-0.2, -0.15) is 5.26 Å². The molecule has 0 unspecified atom stereocenters. The van der Waals surface area contributed by atoms with E-state index < -0.39 is 0 Å². The first-order valence-electron chi connectivity index (χ1n) is 6.65. The number of carbonyl (C=O) groups is 1. The SMILES string of the molecule is N#Cc1c(NC(=O)C2CCC2)sc2c1CCCC2. The lowest BCUT2D eigenvalue weighted by atomic mass is 9.85. The molecule has 0 spiro atoms. The highest BCUT2D eigenvalue weighted by Gasteiger charge is 2.28. The lowest BCUT2D eigenvalue weighted by molar-refractivity contribution is -0.122. The minimum atomic E-state index is 0.108. The third-order valence-corrected chi connectivity index (χ3v) is 5.20. The molecule has 1 fully saturated rings. The molecule has 1 aromatic rings. The number of thiophene rings is 1. The van der Waals surface area contributed by atoms with Crippen LogP contribution in [0.2, 0.25) is 0 Å². The number of anilines is 1. The normalized spacial score (nSPS) is 18.6. The van der Waals surface area contributed by atoms with E-state index >= 15 is 0 Å². The predicted molar refractivity (Wildman–Crippen MR) is 71.6 cm³/mol. The van der Waals surface area contributed by atoms with Crippen LogP contribution in [0.4, 0.5) is 5.00 Å². The van der Waals surface area contributed by atoms with Crippen molar-refractivity contribution < 1.29 is 4.79 Å². The first-order chi connectivity index (χ1) is 8.79. The Labute approximate surface area is 111 Å². The number of aryl methyl sites for hydroxylation is 1. The van der Waals surface area contributed by atoms with Crippen LogP contribution in [0.5, 0.6) is 0 Å². The summed E-state index contributed by atoms with van der Waals surface area (Å²) in [6.45, 7) is 0. The van der Waals surface area contributed by atoms with Gasteiger partial charge < -0.3 is 5.32 Å². The Morgan fingerprint density at radius 3 is 2.72 bits per heavy atom. The van der Waals surface area contributed by atoms with Crippen LogP contribution in [-0.4, -0.2) is 5.91 Å². The van der Waals surface area contributed by atoms with Crippen LogP contribution in [0.3, 0.4) is 0 Å². The third-order valence-electron chi connectivity index (χ3n) is 4.00. The molecule has 2 aliphatic carbocycles. The highest BCUT2D eigenvalue weighted by molar-refractivity contribution is 7.16. The smallest absolute Gasteiger partial charge is 0.228 e. The van der Waals surface area contributed by atoms with E-state index in [1.165, 1.54) is 16.9 Å². The van der Waals surface area contributed by atoms with Gasteiger partial charge in [-0.25, -0.2) is 0 Å². The van der Waals surface area contributed by atoms with Crippen molar-refractivity contribution in [1.82, 2.24) is 0 Å². The van der Waals surface area contributed by atoms with Crippen LogP contribution < -0.4 is 5.32 Å². The minimum Gasteiger partial charge on any atom is -0.316 e. The van der Waals surface area contributed by atoms with Gasteiger partial charge in [-0.05, 0) is 44.1 Å². The summed E-state index contributed by atoms with van der Waals surface area (Å²) in [7, 11) is 0. The molecule has 4 heteroatoms. The average molecular weight is 260 g/mol. The van der Waals surface area contributed by atoms with E-state index in [-0.39, 0.29) is 11.8 Å². The quantitative estimate of drug-likeness (QED) is 0.887. The van der Waals surface area contributed by atoms with Gasteiger partial charge in [0.05, 0.1) is 5.56 Å². The van der Waals surface area contributed by atoms with Crippen molar-refractivity contribution in [2.24, 2.45) is 5.92 Å². The molecule has 1 saturated carbocycles. The van der Waals surface area contributed by atoms with Crippen LogP contribution in [0.25, 0.3) is 0 Å². The molecule has 0 aromatic carbocycles. The van der Waals surface area contributed by atoms with Crippen molar-refractivity contribution in [3.63, 3.8) is 0 Å². The van der Waals surface area contributed by atoms with E-state index in [0.29, 0.717) is 0 Å². The van der Waals surface area contributed by atoms with Gasteiger partial charge in [0.25, 0.3) is 0 Å². The summed E-state index contributed by atoms with van der Waals surface area (Å²) in [5.41, 5.74) is 1.92. The van der Waals surface area contributed by atoms with Crippen molar-refractivity contribution in [2.75, 3.05) is 5.32 Å². The molecule has 0 atom stereocenters. The second-order valence-electron chi connectivity index (χ2n) is 5.14. The molecule has 1 amide bonds. The first kappa shape index (κ1) is 11.7. The molecule has 0 bridgehead atoms. The monoisotopic (exact) mass is 260 g/mol. The van der Waals surface area contributed by atoms with Gasteiger partial charge in [0, 0.05) is 10.8 Å². The molecule has 3 nitrogen and oxygen atoms in total. The first-order valence-corrected chi connectivity index (χ1v) is 7.46. The lowest BCUT2D eigenvalue weighted by Crippen LogP contribution is -2.27. The van der Waals surface area contributed by atoms with Crippen molar-refractivity contribution in [3.05, 3.63) is 16.0 Å². The Hall–Kier alpha value is -1.34. The summed E-state index contributed by atoms with van der Waals surface area (Å²) in [5.74, 6) is 0.284. The summed E-state index contributed by atoms with van der Waals surface area (Å²) in [5, 5.41) is 13.1. The highest BCUT2D eigenvalue weighted by Crippen LogP contribution is 2.38. The van der Waals surface area contributed by atoms with Crippen molar-refractivity contribution in [1.29, 1.82) is 5.26 Å². The molecule has 0 radical (unpaired) electrons. The number of nitriles is 1. The van der Waals surface area contributed by atoms with Gasteiger partial charge in [-0.3, -0.25) is 4.79 Å². The Morgan fingerprint density at radius 1 is 1.28 bits per heavy atom. The predicted octanol–water partition coefficient (Wildman–Crippen LogP) is 3.24. The molecule has 1 aromatic heterocycles. The fourth-order valence-corrected chi connectivity index (χ4v) is 3.90. The Bertz CT molecular complexity index is 523. The molecule has 1 N–H and O–H groups in total. The van der Waals surface area contributed by atoms with Gasteiger partial charge in [-0.15, -0.1) is 11.3 Å². The number of carbonyl (C=O) groups excluding carboxylic acids is 1. The topological polar surface area (TPSA) is 52.9 Å². The van der Waals surface area contributed by atoms with E-state index in [1.54, 1.807) is 11.3 Å². The number of rotatable bonds is 2. The van der Waals surface area contributed by atoms with Crippen molar-refractivity contribution in [3.8, 4) is 6.07 Å². The van der Waals surface area contributed by atoms with Crippen LogP contribution in [0.15, 0.2) is 0 Å². The van der Waals surface area contributed by atoms with E-state index in [1.807, 2.05) is 0 Å². The molecular weight excluding hydrogens is 244 g/mol.